The normalized spacial score (nSPS) is 11.6. The number of aromatic nitrogens is 5. The second-order valence-corrected chi connectivity index (χ2v) is 6.49. The number of imidazole rings is 1. The molecule has 6 aromatic rings. The smallest absolute Gasteiger partial charge is 0.220 e. The Morgan fingerprint density at radius 2 is 1.61 bits per heavy atom. The zero-order valence-corrected chi connectivity index (χ0v) is 14.6. The molecule has 3 aromatic carbocycles. The monoisotopic (exact) mass is 363 g/mol. The van der Waals surface area contributed by atoms with E-state index in [9.17, 15) is 0 Å². The zero-order chi connectivity index (χ0) is 18.5. The van der Waals surface area contributed by atoms with Gasteiger partial charge in [-0.3, -0.25) is 4.57 Å². The maximum Gasteiger partial charge on any atom is 0.220 e. The van der Waals surface area contributed by atoms with Crippen molar-refractivity contribution in [2.75, 3.05) is 0 Å². The van der Waals surface area contributed by atoms with Gasteiger partial charge in [0.2, 0.25) is 5.65 Å². The third kappa shape index (κ3) is 2.08. The number of rotatable bonds is 2. The highest BCUT2D eigenvalue weighted by Gasteiger charge is 2.20. The van der Waals surface area contributed by atoms with E-state index in [0.29, 0.717) is 11.3 Å². The molecule has 0 N–H and O–H groups in total. The Morgan fingerprint density at radius 3 is 2.54 bits per heavy atom. The van der Waals surface area contributed by atoms with E-state index in [1.54, 1.807) is 0 Å². The van der Waals surface area contributed by atoms with Gasteiger partial charge in [-0.05, 0) is 24.3 Å². The van der Waals surface area contributed by atoms with Gasteiger partial charge in [0.1, 0.15) is 17.5 Å². The van der Waals surface area contributed by atoms with Crippen LogP contribution in [-0.2, 0) is 0 Å². The fraction of sp³-hybridized carbons (Fsp3) is 0. The average molecular weight is 363 g/mol. The van der Waals surface area contributed by atoms with Gasteiger partial charge in [0.15, 0.2) is 11.5 Å². The summed E-state index contributed by atoms with van der Waals surface area (Å²) in [6.45, 7) is 0. The summed E-state index contributed by atoms with van der Waals surface area (Å²) in [4.78, 5) is 9.17. The zero-order valence-electron chi connectivity index (χ0n) is 14.6. The molecule has 0 aliphatic heterocycles. The molecule has 28 heavy (non-hydrogen) atoms. The predicted octanol–water partition coefficient (Wildman–Crippen LogP) is 4.78. The first kappa shape index (κ1) is 15.0. The Balaban J connectivity index is 1.74. The molecule has 0 bridgehead atoms. The van der Waals surface area contributed by atoms with Crippen molar-refractivity contribution in [2.45, 2.75) is 0 Å². The Kier molecular flexibility index (Phi) is 3.07. The fourth-order valence-corrected chi connectivity index (χ4v) is 3.67. The van der Waals surface area contributed by atoms with Gasteiger partial charge >= 0.3 is 0 Å². The topological polar surface area (TPSA) is 69.6 Å². The molecule has 6 rings (SSSR count). The van der Waals surface area contributed by atoms with E-state index >= 15 is 0 Å². The third-order valence-electron chi connectivity index (χ3n) is 4.88. The molecule has 0 amide bonds. The number of hydrogen-bond acceptors (Lipinski definition) is 5. The fourth-order valence-electron chi connectivity index (χ4n) is 3.67. The summed E-state index contributed by atoms with van der Waals surface area (Å²) in [6.07, 6.45) is 1.44. The first-order valence-electron chi connectivity index (χ1n) is 8.92. The summed E-state index contributed by atoms with van der Waals surface area (Å²) in [5.74, 6) is 0.721. The van der Waals surface area contributed by atoms with Gasteiger partial charge < -0.3 is 4.42 Å². The van der Waals surface area contributed by atoms with Crippen LogP contribution in [0.2, 0.25) is 0 Å². The van der Waals surface area contributed by atoms with E-state index in [-0.39, 0.29) is 0 Å². The third-order valence-corrected chi connectivity index (χ3v) is 4.88. The SMILES string of the molecule is c1ccc(-n2c(-c3cccc4c3oc3ccccc34)nc3nncnc32)cc1. The van der Waals surface area contributed by atoms with Crippen molar-refractivity contribution in [3.05, 3.63) is 79.1 Å². The molecule has 0 atom stereocenters. The van der Waals surface area contributed by atoms with Gasteiger partial charge in [-0.2, -0.15) is 0 Å². The maximum absolute atomic E-state index is 6.22. The van der Waals surface area contributed by atoms with Crippen LogP contribution in [0.25, 0.3) is 50.3 Å². The van der Waals surface area contributed by atoms with E-state index in [0.717, 1.165) is 39.0 Å². The van der Waals surface area contributed by atoms with Crippen LogP contribution in [0.3, 0.4) is 0 Å². The van der Waals surface area contributed by atoms with E-state index < -0.39 is 0 Å². The van der Waals surface area contributed by atoms with Crippen molar-refractivity contribution in [3.8, 4) is 17.1 Å². The lowest BCUT2D eigenvalue weighted by molar-refractivity contribution is 0.669. The second kappa shape index (κ2) is 5.72. The van der Waals surface area contributed by atoms with Crippen LogP contribution in [0, 0.1) is 0 Å². The summed E-state index contributed by atoms with van der Waals surface area (Å²) in [6, 6.07) is 24.1. The van der Waals surface area contributed by atoms with Crippen LogP contribution in [-0.4, -0.2) is 24.7 Å². The minimum atomic E-state index is 0.495. The lowest BCUT2D eigenvalue weighted by atomic mass is 10.1. The van der Waals surface area contributed by atoms with Gasteiger partial charge in [0.05, 0.1) is 5.56 Å². The molecule has 0 fully saturated rings. The summed E-state index contributed by atoms with van der Waals surface area (Å²) in [5.41, 5.74) is 4.64. The van der Waals surface area contributed by atoms with E-state index in [2.05, 4.69) is 27.3 Å². The van der Waals surface area contributed by atoms with Crippen molar-refractivity contribution in [2.24, 2.45) is 0 Å². The Bertz CT molecular complexity index is 1470. The van der Waals surface area contributed by atoms with Crippen LogP contribution in [0.5, 0.6) is 0 Å². The molecule has 6 heteroatoms. The Hall–Kier alpha value is -4.06. The van der Waals surface area contributed by atoms with Gasteiger partial charge in [0, 0.05) is 16.5 Å². The molecule has 6 nitrogen and oxygen atoms in total. The van der Waals surface area contributed by atoms with Crippen molar-refractivity contribution >= 4 is 33.2 Å². The second-order valence-electron chi connectivity index (χ2n) is 6.49. The van der Waals surface area contributed by atoms with Gasteiger partial charge in [-0.25, -0.2) is 9.97 Å². The molecule has 0 radical (unpaired) electrons. The van der Waals surface area contributed by atoms with Crippen LogP contribution in [0.1, 0.15) is 0 Å². The molecule has 0 aliphatic rings. The number of furan rings is 1. The van der Waals surface area contributed by atoms with E-state index in [4.69, 9.17) is 9.40 Å². The number of hydrogen-bond donors (Lipinski definition) is 0. The number of para-hydroxylation sites is 3. The largest absolute Gasteiger partial charge is 0.455 e. The molecule has 0 saturated carbocycles. The standard InChI is InChI=1S/C22H13N5O/c1-2-7-14(8-3-1)27-21(25-20-22(27)23-13-24-26-20)17-11-6-10-16-15-9-4-5-12-18(15)28-19(16)17/h1-13H. The molecule has 0 spiro atoms. The molecule has 0 saturated heterocycles. The van der Waals surface area contributed by atoms with Gasteiger partial charge in [-0.15, -0.1) is 10.2 Å². The molecular weight excluding hydrogens is 350 g/mol. The van der Waals surface area contributed by atoms with Crippen molar-refractivity contribution in [1.29, 1.82) is 0 Å². The molecule has 132 valence electrons. The summed E-state index contributed by atoms with van der Waals surface area (Å²) < 4.78 is 8.21. The first-order chi connectivity index (χ1) is 13.9. The van der Waals surface area contributed by atoms with Crippen LogP contribution < -0.4 is 0 Å². The number of nitrogens with zero attached hydrogens (tertiary/aromatic N) is 5. The number of fused-ring (bicyclic) bond motifs is 4. The van der Waals surface area contributed by atoms with Crippen LogP contribution >= 0.6 is 0 Å². The summed E-state index contributed by atoms with van der Waals surface area (Å²) in [7, 11) is 0. The molecular formula is C22H13N5O. The maximum atomic E-state index is 6.22. The van der Waals surface area contributed by atoms with E-state index in [1.807, 2.05) is 65.2 Å². The summed E-state index contributed by atoms with van der Waals surface area (Å²) >= 11 is 0. The van der Waals surface area contributed by atoms with E-state index in [1.165, 1.54) is 6.33 Å². The highest BCUT2D eigenvalue weighted by Crippen LogP contribution is 2.36. The lowest BCUT2D eigenvalue weighted by Gasteiger charge is -2.08. The molecule has 0 aliphatic carbocycles. The predicted molar refractivity (Wildman–Crippen MR) is 107 cm³/mol. The van der Waals surface area contributed by atoms with Crippen molar-refractivity contribution in [3.63, 3.8) is 0 Å². The van der Waals surface area contributed by atoms with Crippen LogP contribution in [0.15, 0.2) is 83.5 Å². The molecule has 3 aromatic heterocycles. The molecule has 3 heterocycles. The minimum absolute atomic E-state index is 0.495. The molecule has 0 unspecified atom stereocenters. The highest BCUT2D eigenvalue weighted by atomic mass is 16.3. The number of benzene rings is 3. The van der Waals surface area contributed by atoms with Crippen molar-refractivity contribution in [1.82, 2.24) is 24.7 Å². The Labute approximate surface area is 159 Å². The van der Waals surface area contributed by atoms with Crippen molar-refractivity contribution < 1.29 is 4.42 Å². The first-order valence-corrected chi connectivity index (χ1v) is 8.92. The quantitative estimate of drug-likeness (QED) is 0.443. The average Bonchev–Trinajstić information content (AvgIpc) is 3.33. The van der Waals surface area contributed by atoms with Gasteiger partial charge in [0.25, 0.3) is 0 Å². The minimum Gasteiger partial charge on any atom is -0.455 e. The van der Waals surface area contributed by atoms with Gasteiger partial charge in [-0.1, -0.05) is 48.5 Å². The summed E-state index contributed by atoms with van der Waals surface area (Å²) in [5, 5.41) is 10.2. The Morgan fingerprint density at radius 1 is 0.786 bits per heavy atom. The van der Waals surface area contributed by atoms with Crippen LogP contribution in [0.4, 0.5) is 0 Å². The lowest BCUT2D eigenvalue weighted by Crippen LogP contribution is -1.99. The highest BCUT2D eigenvalue weighted by molar-refractivity contribution is 6.09.